The van der Waals surface area contributed by atoms with Gasteiger partial charge in [-0.2, -0.15) is 5.26 Å². The third kappa shape index (κ3) is 2.70. The molecule has 0 bridgehead atoms. The predicted octanol–water partition coefficient (Wildman–Crippen LogP) is 1.35. The normalized spacial score (nSPS) is 32.5. The molecule has 0 aromatic rings. The summed E-state index contributed by atoms with van der Waals surface area (Å²) in [6.07, 6.45) is 2.43. The second kappa shape index (κ2) is 3.88. The van der Waals surface area contributed by atoms with E-state index in [0.29, 0.717) is 12.0 Å². The van der Waals surface area contributed by atoms with Crippen LogP contribution in [-0.2, 0) is 0 Å². The molecule has 1 rings (SSSR count). The Morgan fingerprint density at radius 1 is 1.64 bits per heavy atom. The first-order valence-corrected chi connectivity index (χ1v) is 5.33. The highest BCUT2D eigenvalue weighted by Gasteiger charge is 2.34. The number of hydrogen-bond acceptors (Lipinski definition) is 3. The minimum absolute atomic E-state index is 0.436. The van der Waals surface area contributed by atoms with Gasteiger partial charge >= 0.3 is 0 Å². The van der Waals surface area contributed by atoms with E-state index in [2.05, 4.69) is 24.8 Å². The quantitative estimate of drug-likeness (QED) is 0.739. The van der Waals surface area contributed by atoms with E-state index in [1.165, 1.54) is 12.8 Å². The van der Waals surface area contributed by atoms with Gasteiger partial charge in [-0.15, -0.1) is 0 Å². The van der Waals surface area contributed by atoms with Gasteiger partial charge in [0.15, 0.2) is 0 Å². The summed E-state index contributed by atoms with van der Waals surface area (Å²) in [6.45, 7) is 9.20. The van der Waals surface area contributed by atoms with E-state index in [1.807, 2.05) is 0 Å². The standard InChI is InChI=1S/C11H21N3/c1-4-10(2)5-6-14(8-10)9-11(3,13)7-12/h4-6,8-9,13H2,1-3H3. The molecule has 2 N–H and O–H groups in total. The lowest BCUT2D eigenvalue weighted by atomic mass is 9.87. The molecule has 3 heteroatoms. The van der Waals surface area contributed by atoms with Crippen LogP contribution >= 0.6 is 0 Å². The van der Waals surface area contributed by atoms with Crippen molar-refractivity contribution in [1.29, 1.82) is 5.26 Å². The van der Waals surface area contributed by atoms with Crippen LogP contribution in [0.5, 0.6) is 0 Å². The Labute approximate surface area is 86.9 Å². The molecule has 2 atom stereocenters. The molecule has 0 aliphatic carbocycles. The number of rotatable bonds is 3. The minimum Gasteiger partial charge on any atom is -0.313 e. The van der Waals surface area contributed by atoms with Crippen molar-refractivity contribution in [1.82, 2.24) is 4.90 Å². The van der Waals surface area contributed by atoms with Gasteiger partial charge in [0.1, 0.15) is 5.54 Å². The fourth-order valence-corrected chi connectivity index (χ4v) is 2.05. The van der Waals surface area contributed by atoms with Crippen molar-refractivity contribution in [2.75, 3.05) is 19.6 Å². The van der Waals surface area contributed by atoms with E-state index >= 15 is 0 Å². The minimum atomic E-state index is -0.695. The van der Waals surface area contributed by atoms with E-state index in [4.69, 9.17) is 11.0 Å². The van der Waals surface area contributed by atoms with Gasteiger partial charge in [-0.05, 0) is 31.7 Å². The monoisotopic (exact) mass is 195 g/mol. The van der Waals surface area contributed by atoms with Crippen molar-refractivity contribution in [3.05, 3.63) is 0 Å². The van der Waals surface area contributed by atoms with Gasteiger partial charge in [0.25, 0.3) is 0 Å². The Morgan fingerprint density at radius 2 is 2.29 bits per heavy atom. The van der Waals surface area contributed by atoms with E-state index < -0.39 is 5.54 Å². The zero-order valence-corrected chi connectivity index (χ0v) is 9.51. The van der Waals surface area contributed by atoms with Gasteiger partial charge < -0.3 is 5.73 Å². The maximum absolute atomic E-state index is 8.84. The second-order valence-electron chi connectivity index (χ2n) is 5.15. The number of nitriles is 1. The Kier molecular flexibility index (Phi) is 3.18. The zero-order chi connectivity index (χ0) is 10.8. The van der Waals surface area contributed by atoms with Crippen molar-refractivity contribution in [2.24, 2.45) is 11.1 Å². The van der Waals surface area contributed by atoms with Crippen LogP contribution in [-0.4, -0.2) is 30.1 Å². The van der Waals surface area contributed by atoms with Crippen molar-refractivity contribution in [3.8, 4) is 6.07 Å². The molecular formula is C11H21N3. The van der Waals surface area contributed by atoms with Crippen LogP contribution in [0, 0.1) is 16.7 Å². The molecular weight excluding hydrogens is 174 g/mol. The summed E-state index contributed by atoms with van der Waals surface area (Å²) in [4.78, 5) is 2.31. The smallest absolute Gasteiger partial charge is 0.114 e. The topological polar surface area (TPSA) is 53.0 Å². The summed E-state index contributed by atoms with van der Waals surface area (Å²) < 4.78 is 0. The maximum Gasteiger partial charge on any atom is 0.114 e. The average molecular weight is 195 g/mol. The molecule has 0 amide bonds. The first-order chi connectivity index (χ1) is 6.41. The van der Waals surface area contributed by atoms with Crippen LogP contribution in [0.3, 0.4) is 0 Å². The molecule has 1 saturated heterocycles. The molecule has 1 heterocycles. The van der Waals surface area contributed by atoms with Gasteiger partial charge in [0.2, 0.25) is 0 Å². The molecule has 3 nitrogen and oxygen atoms in total. The fourth-order valence-electron chi connectivity index (χ4n) is 2.05. The summed E-state index contributed by atoms with van der Waals surface area (Å²) in [5.74, 6) is 0. The zero-order valence-electron chi connectivity index (χ0n) is 9.51. The van der Waals surface area contributed by atoms with Crippen LogP contribution in [0.25, 0.3) is 0 Å². The molecule has 2 unspecified atom stereocenters. The largest absolute Gasteiger partial charge is 0.313 e. The van der Waals surface area contributed by atoms with Crippen molar-refractivity contribution >= 4 is 0 Å². The molecule has 0 aromatic heterocycles. The van der Waals surface area contributed by atoms with Crippen LogP contribution in [0.4, 0.5) is 0 Å². The van der Waals surface area contributed by atoms with Crippen LogP contribution in [0.2, 0.25) is 0 Å². The fraction of sp³-hybridized carbons (Fsp3) is 0.909. The molecule has 1 fully saturated rings. The molecule has 0 saturated carbocycles. The van der Waals surface area contributed by atoms with Gasteiger partial charge in [0, 0.05) is 13.1 Å². The summed E-state index contributed by atoms with van der Waals surface area (Å²) in [7, 11) is 0. The molecule has 0 spiro atoms. The number of nitrogens with two attached hydrogens (primary N) is 1. The Morgan fingerprint density at radius 3 is 2.71 bits per heavy atom. The van der Waals surface area contributed by atoms with Crippen molar-refractivity contribution < 1.29 is 0 Å². The second-order valence-corrected chi connectivity index (χ2v) is 5.15. The summed E-state index contributed by atoms with van der Waals surface area (Å²) in [5.41, 5.74) is 5.56. The molecule has 1 aliphatic rings. The highest BCUT2D eigenvalue weighted by Crippen LogP contribution is 2.33. The first kappa shape index (κ1) is 11.5. The summed E-state index contributed by atoms with van der Waals surface area (Å²) >= 11 is 0. The SMILES string of the molecule is CCC1(C)CCN(CC(C)(N)C#N)C1. The van der Waals surface area contributed by atoms with E-state index in [-0.39, 0.29) is 0 Å². The summed E-state index contributed by atoms with van der Waals surface area (Å²) in [6, 6.07) is 2.15. The highest BCUT2D eigenvalue weighted by atomic mass is 15.2. The maximum atomic E-state index is 8.84. The van der Waals surface area contributed by atoms with Gasteiger partial charge in [-0.25, -0.2) is 0 Å². The molecule has 80 valence electrons. The number of likely N-dealkylation sites (tertiary alicyclic amines) is 1. The predicted molar refractivity (Wildman–Crippen MR) is 57.7 cm³/mol. The third-order valence-electron chi connectivity index (χ3n) is 3.30. The van der Waals surface area contributed by atoms with Crippen LogP contribution in [0.15, 0.2) is 0 Å². The lowest BCUT2D eigenvalue weighted by molar-refractivity contribution is 0.245. The Balaban J connectivity index is 2.49. The van der Waals surface area contributed by atoms with Gasteiger partial charge in [0.05, 0.1) is 6.07 Å². The van der Waals surface area contributed by atoms with Crippen LogP contribution < -0.4 is 5.73 Å². The third-order valence-corrected chi connectivity index (χ3v) is 3.30. The first-order valence-electron chi connectivity index (χ1n) is 5.33. The molecule has 1 aliphatic heterocycles. The number of nitrogens with zero attached hydrogens (tertiary/aromatic N) is 2. The lowest BCUT2D eigenvalue weighted by Crippen LogP contribution is -2.46. The van der Waals surface area contributed by atoms with Crippen LogP contribution in [0.1, 0.15) is 33.6 Å². The van der Waals surface area contributed by atoms with Crippen molar-refractivity contribution in [2.45, 2.75) is 39.2 Å². The Bertz CT molecular complexity index is 241. The van der Waals surface area contributed by atoms with E-state index in [9.17, 15) is 0 Å². The van der Waals surface area contributed by atoms with E-state index in [1.54, 1.807) is 6.92 Å². The van der Waals surface area contributed by atoms with Gasteiger partial charge in [-0.1, -0.05) is 13.8 Å². The average Bonchev–Trinajstić information content (AvgIpc) is 2.48. The molecule has 14 heavy (non-hydrogen) atoms. The molecule has 0 aromatic carbocycles. The summed E-state index contributed by atoms with van der Waals surface area (Å²) in [5, 5.41) is 8.84. The number of hydrogen-bond donors (Lipinski definition) is 1. The highest BCUT2D eigenvalue weighted by molar-refractivity contribution is 5.04. The van der Waals surface area contributed by atoms with Gasteiger partial charge in [-0.3, -0.25) is 4.90 Å². The molecule has 0 radical (unpaired) electrons. The Hall–Kier alpha value is -0.590. The lowest BCUT2D eigenvalue weighted by Gasteiger charge is -2.26. The van der Waals surface area contributed by atoms with Crippen molar-refractivity contribution in [3.63, 3.8) is 0 Å². The van der Waals surface area contributed by atoms with E-state index in [0.717, 1.165) is 13.1 Å².